The van der Waals surface area contributed by atoms with Crippen molar-refractivity contribution in [1.82, 2.24) is 10.2 Å². The van der Waals surface area contributed by atoms with Gasteiger partial charge in [0.15, 0.2) is 0 Å². The van der Waals surface area contributed by atoms with E-state index in [4.69, 9.17) is 0 Å². The number of likely N-dealkylation sites (tertiary alicyclic amines) is 1. The van der Waals surface area contributed by atoms with Gasteiger partial charge in [0.25, 0.3) is 0 Å². The maximum Gasteiger partial charge on any atom is 0.222 e. The fraction of sp³-hybridized carbons (Fsp3) is 0.588. The highest BCUT2D eigenvalue weighted by Crippen LogP contribution is 2.21. The molecular formula is C17H26N2O. The predicted molar refractivity (Wildman–Crippen MR) is 82.4 cm³/mol. The number of hydrogen-bond donors (Lipinski definition) is 1. The van der Waals surface area contributed by atoms with Gasteiger partial charge >= 0.3 is 0 Å². The molecule has 0 bridgehead atoms. The number of carbonyl (C=O) groups excluding carboxylic acids is 1. The van der Waals surface area contributed by atoms with E-state index in [1.807, 2.05) is 17.9 Å². The van der Waals surface area contributed by atoms with Gasteiger partial charge in [-0.05, 0) is 24.8 Å². The van der Waals surface area contributed by atoms with Crippen LogP contribution in [0.1, 0.15) is 45.2 Å². The zero-order chi connectivity index (χ0) is 14.5. The van der Waals surface area contributed by atoms with Gasteiger partial charge in [-0.2, -0.15) is 0 Å². The Morgan fingerprint density at radius 3 is 2.70 bits per heavy atom. The number of nitrogens with one attached hydrogen (secondary N) is 1. The molecule has 1 aromatic carbocycles. The van der Waals surface area contributed by atoms with Crippen molar-refractivity contribution in [3.8, 4) is 0 Å². The van der Waals surface area contributed by atoms with Gasteiger partial charge in [0.05, 0.1) is 0 Å². The van der Waals surface area contributed by atoms with Crippen LogP contribution < -0.4 is 5.32 Å². The van der Waals surface area contributed by atoms with Crippen molar-refractivity contribution in [2.45, 2.75) is 45.7 Å². The molecule has 1 heterocycles. The Morgan fingerprint density at radius 2 is 2.10 bits per heavy atom. The first-order chi connectivity index (χ1) is 9.61. The van der Waals surface area contributed by atoms with Crippen LogP contribution in [0.5, 0.6) is 0 Å². The fourth-order valence-corrected chi connectivity index (χ4v) is 3.00. The fourth-order valence-electron chi connectivity index (χ4n) is 3.00. The second-order valence-electron chi connectivity index (χ2n) is 5.86. The molecule has 0 unspecified atom stereocenters. The van der Waals surface area contributed by atoms with Gasteiger partial charge in [0.1, 0.15) is 0 Å². The molecular weight excluding hydrogens is 248 g/mol. The Kier molecular flexibility index (Phi) is 5.18. The second-order valence-corrected chi connectivity index (χ2v) is 5.86. The summed E-state index contributed by atoms with van der Waals surface area (Å²) in [6, 6.07) is 11.4. The molecule has 1 aliphatic rings. The molecule has 0 aliphatic carbocycles. The molecule has 20 heavy (non-hydrogen) atoms. The van der Waals surface area contributed by atoms with Crippen molar-refractivity contribution < 1.29 is 4.79 Å². The largest absolute Gasteiger partial charge is 0.342 e. The van der Waals surface area contributed by atoms with Crippen LogP contribution in [0.25, 0.3) is 0 Å². The van der Waals surface area contributed by atoms with Gasteiger partial charge in [0.2, 0.25) is 5.91 Å². The van der Waals surface area contributed by atoms with E-state index >= 15 is 0 Å². The molecule has 3 atom stereocenters. The molecule has 0 aromatic heterocycles. The highest BCUT2D eigenvalue weighted by molar-refractivity contribution is 5.75. The van der Waals surface area contributed by atoms with Crippen molar-refractivity contribution in [2.24, 2.45) is 5.92 Å². The minimum absolute atomic E-state index is 0.284. The third kappa shape index (κ3) is 3.60. The summed E-state index contributed by atoms with van der Waals surface area (Å²) in [5.74, 6) is 0.789. The summed E-state index contributed by atoms with van der Waals surface area (Å²) >= 11 is 0. The Hall–Kier alpha value is -1.35. The molecule has 1 fully saturated rings. The number of nitrogens with zero attached hydrogens (tertiary/aromatic N) is 1. The first-order valence-corrected chi connectivity index (χ1v) is 7.70. The maximum absolute atomic E-state index is 11.8. The molecule has 1 aromatic rings. The number of carbonyl (C=O) groups is 1. The lowest BCUT2D eigenvalue weighted by Crippen LogP contribution is -2.50. The average molecular weight is 274 g/mol. The third-order valence-corrected chi connectivity index (χ3v) is 4.32. The van der Waals surface area contributed by atoms with Gasteiger partial charge in [-0.15, -0.1) is 0 Å². The van der Waals surface area contributed by atoms with E-state index < -0.39 is 0 Å². The monoisotopic (exact) mass is 274 g/mol. The van der Waals surface area contributed by atoms with E-state index in [2.05, 4.69) is 43.4 Å². The minimum Gasteiger partial charge on any atom is -0.342 e. The minimum atomic E-state index is 0.284. The van der Waals surface area contributed by atoms with Gasteiger partial charge in [-0.25, -0.2) is 0 Å². The van der Waals surface area contributed by atoms with Crippen LogP contribution in [0.15, 0.2) is 30.3 Å². The smallest absolute Gasteiger partial charge is 0.222 e. The lowest BCUT2D eigenvalue weighted by atomic mass is 9.92. The van der Waals surface area contributed by atoms with E-state index in [0.717, 1.165) is 19.5 Å². The lowest BCUT2D eigenvalue weighted by molar-refractivity contribution is -0.132. The number of piperidine rings is 1. The predicted octanol–water partition coefficient (Wildman–Crippen LogP) is 2.98. The Bertz CT molecular complexity index is 432. The Balaban J connectivity index is 1.90. The first-order valence-electron chi connectivity index (χ1n) is 7.70. The van der Waals surface area contributed by atoms with Gasteiger partial charge in [-0.1, -0.05) is 44.2 Å². The summed E-state index contributed by atoms with van der Waals surface area (Å²) in [6.45, 7) is 8.16. The van der Waals surface area contributed by atoms with Crippen molar-refractivity contribution >= 4 is 5.91 Å². The van der Waals surface area contributed by atoms with Crippen LogP contribution in [0.3, 0.4) is 0 Å². The van der Waals surface area contributed by atoms with Crippen LogP contribution in [0.2, 0.25) is 0 Å². The number of hydrogen-bond acceptors (Lipinski definition) is 2. The molecule has 1 amide bonds. The summed E-state index contributed by atoms with van der Waals surface area (Å²) in [5.41, 5.74) is 1.33. The molecule has 3 nitrogen and oxygen atoms in total. The Labute approximate surface area is 122 Å². The zero-order valence-electron chi connectivity index (χ0n) is 12.8. The van der Waals surface area contributed by atoms with E-state index in [0.29, 0.717) is 24.4 Å². The summed E-state index contributed by atoms with van der Waals surface area (Å²) in [4.78, 5) is 13.8. The third-order valence-electron chi connectivity index (χ3n) is 4.32. The first kappa shape index (κ1) is 15.0. The SMILES string of the molecule is CCC(=O)N1CC[C@H](N[C@H](C)c2ccccc2)[C@H](C)C1. The molecule has 0 radical (unpaired) electrons. The Morgan fingerprint density at radius 1 is 1.40 bits per heavy atom. The van der Waals surface area contributed by atoms with Crippen molar-refractivity contribution in [3.05, 3.63) is 35.9 Å². The van der Waals surface area contributed by atoms with E-state index in [1.165, 1.54) is 5.56 Å². The van der Waals surface area contributed by atoms with E-state index in [9.17, 15) is 4.79 Å². The van der Waals surface area contributed by atoms with Crippen LogP contribution in [0, 0.1) is 5.92 Å². The second kappa shape index (κ2) is 6.89. The van der Waals surface area contributed by atoms with Crippen LogP contribution in [-0.4, -0.2) is 29.9 Å². The van der Waals surface area contributed by atoms with Gasteiger partial charge in [0, 0.05) is 31.6 Å². The molecule has 0 saturated carbocycles. The summed E-state index contributed by atoms with van der Waals surface area (Å²) < 4.78 is 0. The quantitative estimate of drug-likeness (QED) is 0.915. The molecule has 0 spiro atoms. The van der Waals surface area contributed by atoms with Gasteiger partial charge in [-0.3, -0.25) is 4.79 Å². The highest BCUT2D eigenvalue weighted by atomic mass is 16.2. The normalized spacial score (nSPS) is 24.4. The molecule has 1 saturated heterocycles. The zero-order valence-corrected chi connectivity index (χ0v) is 12.8. The maximum atomic E-state index is 11.8. The topological polar surface area (TPSA) is 32.3 Å². The number of amides is 1. The molecule has 2 rings (SSSR count). The highest BCUT2D eigenvalue weighted by Gasteiger charge is 2.28. The molecule has 1 aliphatic heterocycles. The summed E-state index contributed by atoms with van der Waals surface area (Å²) in [7, 11) is 0. The molecule has 110 valence electrons. The average Bonchev–Trinajstić information content (AvgIpc) is 2.49. The molecule has 1 N–H and O–H groups in total. The van der Waals surface area contributed by atoms with Crippen molar-refractivity contribution in [1.29, 1.82) is 0 Å². The summed E-state index contributed by atoms with van der Waals surface area (Å²) in [6.07, 6.45) is 1.66. The number of benzene rings is 1. The van der Waals surface area contributed by atoms with Crippen molar-refractivity contribution in [2.75, 3.05) is 13.1 Å². The van der Waals surface area contributed by atoms with E-state index in [-0.39, 0.29) is 5.91 Å². The standard InChI is InChI=1S/C17H26N2O/c1-4-17(20)19-11-10-16(13(2)12-19)18-14(3)15-8-6-5-7-9-15/h5-9,13-14,16,18H,4,10-12H2,1-3H3/t13-,14-,16+/m1/s1. The molecule has 3 heteroatoms. The van der Waals surface area contributed by atoms with Crippen LogP contribution in [0.4, 0.5) is 0 Å². The van der Waals surface area contributed by atoms with E-state index in [1.54, 1.807) is 0 Å². The van der Waals surface area contributed by atoms with Gasteiger partial charge < -0.3 is 10.2 Å². The number of rotatable bonds is 4. The lowest BCUT2D eigenvalue weighted by Gasteiger charge is -2.38. The van der Waals surface area contributed by atoms with Crippen LogP contribution >= 0.6 is 0 Å². The summed E-state index contributed by atoms with van der Waals surface area (Å²) in [5, 5.41) is 3.72. The van der Waals surface area contributed by atoms with Crippen LogP contribution in [-0.2, 0) is 4.79 Å². The van der Waals surface area contributed by atoms with Crippen molar-refractivity contribution in [3.63, 3.8) is 0 Å².